The highest BCUT2D eigenvalue weighted by Crippen LogP contribution is 2.20. The van der Waals surface area contributed by atoms with Crippen LogP contribution in [0.3, 0.4) is 0 Å². The van der Waals surface area contributed by atoms with Gasteiger partial charge in [0.25, 0.3) is 0 Å². The van der Waals surface area contributed by atoms with Gasteiger partial charge in [-0.25, -0.2) is 0 Å². The molecule has 0 aliphatic heterocycles. The Hall–Kier alpha value is -1.00. The van der Waals surface area contributed by atoms with Crippen LogP contribution >= 0.6 is 11.8 Å². The first-order chi connectivity index (χ1) is 10.3. The summed E-state index contributed by atoms with van der Waals surface area (Å²) in [7, 11) is 0. The predicted molar refractivity (Wildman–Crippen MR) is 94.2 cm³/mol. The van der Waals surface area contributed by atoms with Crippen molar-refractivity contribution < 1.29 is 0 Å². The fourth-order valence-electron chi connectivity index (χ4n) is 2.62. The molecule has 0 aliphatic rings. The van der Waals surface area contributed by atoms with E-state index in [-0.39, 0.29) is 0 Å². The Morgan fingerprint density at radius 3 is 2.76 bits per heavy atom. The fourth-order valence-corrected chi connectivity index (χ4v) is 3.38. The topological polar surface area (TPSA) is 29.9 Å². The van der Waals surface area contributed by atoms with Crippen LogP contribution in [0.2, 0.25) is 0 Å². The second kappa shape index (κ2) is 8.44. The highest BCUT2D eigenvalue weighted by atomic mass is 32.2. The minimum Gasteiger partial charge on any atom is -0.313 e. The Kier molecular flexibility index (Phi) is 6.58. The van der Waals surface area contributed by atoms with Crippen molar-refractivity contribution in [2.75, 3.05) is 18.1 Å². The van der Waals surface area contributed by atoms with Gasteiger partial charge in [0.15, 0.2) is 0 Å². The zero-order valence-corrected chi connectivity index (χ0v) is 14.2. The number of para-hydroxylation sites is 1. The molecule has 1 N–H and O–H groups in total. The summed E-state index contributed by atoms with van der Waals surface area (Å²) in [6.07, 6.45) is 2.19. The number of aryl methyl sites for hydroxylation is 1. The van der Waals surface area contributed by atoms with Crippen molar-refractivity contribution in [2.45, 2.75) is 46.2 Å². The van der Waals surface area contributed by atoms with E-state index in [0.29, 0.717) is 6.04 Å². The molecule has 0 spiro atoms. The zero-order chi connectivity index (χ0) is 15.1. The first-order valence-electron chi connectivity index (χ1n) is 8.05. The number of benzene rings is 1. The van der Waals surface area contributed by atoms with Gasteiger partial charge >= 0.3 is 0 Å². The van der Waals surface area contributed by atoms with E-state index in [9.17, 15) is 0 Å². The van der Waals surface area contributed by atoms with Crippen LogP contribution in [-0.4, -0.2) is 33.9 Å². The van der Waals surface area contributed by atoms with E-state index >= 15 is 0 Å². The maximum atomic E-state index is 4.83. The smallest absolute Gasteiger partial charge is 0.0719 e. The standard InChI is InChI=1S/C17H27N3S/c1-4-11-18-14(13-21-6-3)12-16-15-9-7-8-10-17(15)20(5-2)19-16/h7-10,14,18H,4-6,11-13H2,1-3H3. The Bertz CT molecular complexity index is 542. The summed E-state index contributed by atoms with van der Waals surface area (Å²) < 4.78 is 2.12. The van der Waals surface area contributed by atoms with Gasteiger partial charge in [-0.05, 0) is 31.7 Å². The Labute approximate surface area is 132 Å². The van der Waals surface area contributed by atoms with Crippen molar-refractivity contribution in [1.82, 2.24) is 15.1 Å². The maximum absolute atomic E-state index is 4.83. The average Bonchev–Trinajstić information content (AvgIpc) is 2.88. The van der Waals surface area contributed by atoms with E-state index in [0.717, 1.165) is 25.3 Å². The van der Waals surface area contributed by atoms with E-state index in [1.807, 2.05) is 11.8 Å². The van der Waals surface area contributed by atoms with Crippen LogP contribution in [0.4, 0.5) is 0 Å². The van der Waals surface area contributed by atoms with Crippen LogP contribution in [0.1, 0.15) is 32.9 Å². The van der Waals surface area contributed by atoms with E-state index in [2.05, 4.69) is 55.0 Å². The second-order valence-electron chi connectivity index (χ2n) is 5.29. The summed E-state index contributed by atoms with van der Waals surface area (Å²) in [5, 5.41) is 9.82. The minimum absolute atomic E-state index is 0.513. The minimum atomic E-state index is 0.513. The molecule has 0 amide bonds. The first-order valence-corrected chi connectivity index (χ1v) is 9.21. The number of aromatic nitrogens is 2. The molecule has 1 aromatic carbocycles. The SMILES string of the molecule is CCCNC(CSCC)Cc1nn(CC)c2ccccc12. The molecule has 0 bridgehead atoms. The molecule has 1 aromatic heterocycles. The number of fused-ring (bicyclic) bond motifs is 1. The average molecular weight is 305 g/mol. The molecule has 0 fully saturated rings. The molecule has 0 aliphatic carbocycles. The molecular formula is C17H27N3S. The number of thioether (sulfide) groups is 1. The maximum Gasteiger partial charge on any atom is 0.0719 e. The van der Waals surface area contributed by atoms with Crippen LogP contribution in [0.25, 0.3) is 10.9 Å². The molecule has 2 aromatic rings. The van der Waals surface area contributed by atoms with Crippen molar-refractivity contribution in [2.24, 2.45) is 0 Å². The van der Waals surface area contributed by atoms with Gasteiger partial charge in [-0.3, -0.25) is 4.68 Å². The fraction of sp³-hybridized carbons (Fsp3) is 0.588. The summed E-state index contributed by atoms with van der Waals surface area (Å²) >= 11 is 2.01. The number of hydrogen-bond donors (Lipinski definition) is 1. The van der Waals surface area contributed by atoms with E-state index in [1.54, 1.807) is 0 Å². The molecule has 116 valence electrons. The zero-order valence-electron chi connectivity index (χ0n) is 13.4. The van der Waals surface area contributed by atoms with Crippen LogP contribution < -0.4 is 5.32 Å². The molecule has 1 atom stereocenters. The van der Waals surface area contributed by atoms with E-state index in [1.165, 1.54) is 28.8 Å². The van der Waals surface area contributed by atoms with Crippen molar-refractivity contribution in [3.05, 3.63) is 30.0 Å². The third-order valence-electron chi connectivity index (χ3n) is 3.68. The predicted octanol–water partition coefficient (Wildman–Crippen LogP) is 3.72. The van der Waals surface area contributed by atoms with Crippen molar-refractivity contribution >= 4 is 22.7 Å². The van der Waals surface area contributed by atoms with Crippen molar-refractivity contribution in [3.8, 4) is 0 Å². The van der Waals surface area contributed by atoms with Crippen LogP contribution in [-0.2, 0) is 13.0 Å². The normalized spacial score (nSPS) is 12.9. The van der Waals surface area contributed by atoms with Gasteiger partial charge in [0, 0.05) is 30.1 Å². The number of nitrogens with zero attached hydrogens (tertiary/aromatic N) is 2. The Morgan fingerprint density at radius 2 is 2.05 bits per heavy atom. The van der Waals surface area contributed by atoms with Crippen LogP contribution in [0.5, 0.6) is 0 Å². The summed E-state index contributed by atoms with van der Waals surface area (Å²) in [5.74, 6) is 2.33. The number of rotatable bonds is 9. The lowest BCUT2D eigenvalue weighted by Gasteiger charge is -2.17. The van der Waals surface area contributed by atoms with Gasteiger partial charge in [-0.1, -0.05) is 32.0 Å². The highest BCUT2D eigenvalue weighted by molar-refractivity contribution is 7.99. The lowest BCUT2D eigenvalue weighted by atomic mass is 10.1. The van der Waals surface area contributed by atoms with E-state index < -0.39 is 0 Å². The highest BCUT2D eigenvalue weighted by Gasteiger charge is 2.15. The molecule has 0 saturated heterocycles. The molecule has 0 radical (unpaired) electrons. The largest absolute Gasteiger partial charge is 0.313 e. The molecule has 2 rings (SSSR count). The van der Waals surface area contributed by atoms with Gasteiger partial charge in [0.2, 0.25) is 0 Å². The first kappa shape index (κ1) is 16.4. The van der Waals surface area contributed by atoms with E-state index in [4.69, 9.17) is 5.10 Å². The summed E-state index contributed by atoms with van der Waals surface area (Å²) in [5.41, 5.74) is 2.49. The van der Waals surface area contributed by atoms with Crippen molar-refractivity contribution in [3.63, 3.8) is 0 Å². The molecular weight excluding hydrogens is 278 g/mol. The van der Waals surface area contributed by atoms with Gasteiger partial charge < -0.3 is 5.32 Å². The summed E-state index contributed by atoms with van der Waals surface area (Å²) in [4.78, 5) is 0. The van der Waals surface area contributed by atoms with Crippen molar-refractivity contribution in [1.29, 1.82) is 0 Å². The molecule has 4 heteroatoms. The van der Waals surface area contributed by atoms with Gasteiger partial charge in [-0.2, -0.15) is 16.9 Å². The molecule has 0 saturated carbocycles. The monoisotopic (exact) mass is 305 g/mol. The lowest BCUT2D eigenvalue weighted by Crippen LogP contribution is -2.34. The van der Waals surface area contributed by atoms with Gasteiger partial charge in [0.05, 0.1) is 11.2 Å². The van der Waals surface area contributed by atoms with Crippen LogP contribution in [0, 0.1) is 0 Å². The van der Waals surface area contributed by atoms with Gasteiger partial charge in [0.1, 0.15) is 0 Å². The third kappa shape index (κ3) is 4.24. The second-order valence-corrected chi connectivity index (χ2v) is 6.61. The summed E-state index contributed by atoms with van der Waals surface area (Å²) in [6, 6.07) is 9.10. The lowest BCUT2D eigenvalue weighted by molar-refractivity contribution is 0.540. The molecule has 1 unspecified atom stereocenters. The molecule has 1 heterocycles. The van der Waals surface area contributed by atoms with Crippen LogP contribution in [0.15, 0.2) is 24.3 Å². The quantitative estimate of drug-likeness (QED) is 0.766. The number of hydrogen-bond acceptors (Lipinski definition) is 3. The number of nitrogens with one attached hydrogen (secondary N) is 1. The van der Waals surface area contributed by atoms with Gasteiger partial charge in [-0.15, -0.1) is 0 Å². The summed E-state index contributed by atoms with van der Waals surface area (Å²) in [6.45, 7) is 8.61. The molecule has 3 nitrogen and oxygen atoms in total. The Balaban J connectivity index is 2.19. The molecule has 21 heavy (non-hydrogen) atoms. The third-order valence-corrected chi connectivity index (χ3v) is 4.73. The Morgan fingerprint density at radius 1 is 1.24 bits per heavy atom.